The van der Waals surface area contributed by atoms with Crippen molar-refractivity contribution in [3.63, 3.8) is 0 Å². The largest absolute Gasteiger partial charge is 0.468 e. The van der Waals surface area contributed by atoms with Crippen LogP contribution in [0, 0.1) is 0 Å². The van der Waals surface area contributed by atoms with Gasteiger partial charge in [0.1, 0.15) is 21.9 Å². The second-order valence-electron chi connectivity index (χ2n) is 6.31. The third kappa shape index (κ3) is 5.31. The molecule has 0 aliphatic carbocycles. The number of rotatable bonds is 7. The van der Waals surface area contributed by atoms with Gasteiger partial charge in [0.15, 0.2) is 0 Å². The number of carbonyl (C=O) groups excluding carboxylic acids is 2. The predicted molar refractivity (Wildman–Crippen MR) is 112 cm³/mol. The van der Waals surface area contributed by atoms with Gasteiger partial charge in [-0.25, -0.2) is 0 Å². The molecule has 6 nitrogen and oxygen atoms in total. The summed E-state index contributed by atoms with van der Waals surface area (Å²) in [5.41, 5.74) is 7.73. The summed E-state index contributed by atoms with van der Waals surface area (Å²) in [5.74, 6) is 0.902. The van der Waals surface area contributed by atoms with Crippen LogP contribution in [0.15, 0.2) is 48.5 Å². The topological polar surface area (TPSA) is 90.7 Å². The Labute approximate surface area is 172 Å². The summed E-state index contributed by atoms with van der Waals surface area (Å²) in [7, 11) is 1.32. The molecule has 1 amide bonds. The smallest absolute Gasteiger partial charge is 0.322 e. The van der Waals surface area contributed by atoms with Crippen molar-refractivity contribution in [3.05, 3.63) is 59.7 Å². The first-order valence-corrected chi connectivity index (χ1v) is 9.94. The summed E-state index contributed by atoms with van der Waals surface area (Å²) in [6.07, 6.45) is 1.02. The average molecular weight is 417 g/mol. The Morgan fingerprint density at radius 3 is 2.21 bits per heavy atom. The second kappa shape index (κ2) is 9.18. The Hall–Kier alpha value is -2.42. The van der Waals surface area contributed by atoms with Gasteiger partial charge in [0.25, 0.3) is 0 Å². The van der Waals surface area contributed by atoms with E-state index < -0.39 is 12.0 Å². The molecule has 1 fully saturated rings. The van der Waals surface area contributed by atoms with Gasteiger partial charge in [-0.1, -0.05) is 48.2 Å². The van der Waals surface area contributed by atoms with Crippen molar-refractivity contribution in [2.45, 2.75) is 24.1 Å². The highest BCUT2D eigenvalue weighted by atomic mass is 32.2. The first kappa shape index (κ1) is 20.3. The SMILES string of the molecule is COC(=O)C(N)Cc1ccc(Oc2ccc(CC3SC(=S)NC3=O)cc2)cc1. The van der Waals surface area contributed by atoms with Crippen LogP contribution >= 0.6 is 24.0 Å². The number of nitrogens with one attached hydrogen (secondary N) is 1. The van der Waals surface area contributed by atoms with Crippen LogP contribution < -0.4 is 15.8 Å². The van der Waals surface area contributed by atoms with Crippen molar-refractivity contribution in [3.8, 4) is 11.5 Å². The Morgan fingerprint density at radius 2 is 1.71 bits per heavy atom. The lowest BCUT2D eigenvalue weighted by molar-refractivity contribution is -0.142. The van der Waals surface area contributed by atoms with Crippen molar-refractivity contribution < 1.29 is 19.1 Å². The van der Waals surface area contributed by atoms with Crippen LogP contribution in [-0.2, 0) is 27.2 Å². The summed E-state index contributed by atoms with van der Waals surface area (Å²) in [4.78, 5) is 23.2. The van der Waals surface area contributed by atoms with E-state index in [1.54, 1.807) is 0 Å². The molecule has 3 N–H and O–H groups in total. The van der Waals surface area contributed by atoms with Gasteiger partial charge in [-0.15, -0.1) is 0 Å². The van der Waals surface area contributed by atoms with Gasteiger partial charge in [-0.3, -0.25) is 9.59 Å². The van der Waals surface area contributed by atoms with Crippen LogP contribution in [0.1, 0.15) is 11.1 Å². The lowest BCUT2D eigenvalue weighted by Gasteiger charge is -2.11. The average Bonchev–Trinajstić information content (AvgIpc) is 3.01. The molecule has 2 aromatic rings. The van der Waals surface area contributed by atoms with Crippen molar-refractivity contribution >= 4 is 40.2 Å². The molecule has 1 saturated heterocycles. The molecule has 0 aromatic heterocycles. The summed E-state index contributed by atoms with van der Waals surface area (Å²) in [6, 6.07) is 14.3. The van der Waals surface area contributed by atoms with E-state index in [0.29, 0.717) is 28.7 Å². The van der Waals surface area contributed by atoms with Crippen LogP contribution in [0.4, 0.5) is 0 Å². The quantitative estimate of drug-likeness (QED) is 0.530. The van der Waals surface area contributed by atoms with E-state index in [9.17, 15) is 9.59 Å². The first-order valence-electron chi connectivity index (χ1n) is 8.65. The first-order chi connectivity index (χ1) is 13.4. The summed E-state index contributed by atoms with van der Waals surface area (Å²) in [5, 5.41) is 2.48. The predicted octanol–water partition coefficient (Wildman–Crippen LogP) is 2.58. The van der Waals surface area contributed by atoms with E-state index in [0.717, 1.165) is 11.1 Å². The van der Waals surface area contributed by atoms with Crippen LogP contribution in [-0.4, -0.2) is 34.6 Å². The molecule has 0 bridgehead atoms. The molecular weight excluding hydrogens is 396 g/mol. The second-order valence-corrected chi connectivity index (χ2v) is 8.19. The maximum Gasteiger partial charge on any atom is 0.322 e. The van der Waals surface area contributed by atoms with Gasteiger partial charge in [0, 0.05) is 0 Å². The fourth-order valence-electron chi connectivity index (χ4n) is 2.75. The standard InChI is InChI=1S/C20H20N2O4S2/c1-25-19(24)16(21)10-12-2-6-14(7-3-12)26-15-8-4-13(5-9-15)11-17-18(23)22-20(27)28-17/h2-9,16-17H,10-11,21H2,1H3,(H,22,23,27). The number of esters is 1. The lowest BCUT2D eigenvalue weighted by Crippen LogP contribution is -2.33. The molecule has 1 heterocycles. The maximum atomic E-state index is 11.8. The van der Waals surface area contributed by atoms with Crippen LogP contribution in [0.25, 0.3) is 0 Å². The number of amides is 1. The highest BCUT2D eigenvalue weighted by Gasteiger charge is 2.28. The zero-order valence-corrected chi connectivity index (χ0v) is 16.8. The fourth-order valence-corrected chi connectivity index (χ4v) is 4.06. The summed E-state index contributed by atoms with van der Waals surface area (Å²) >= 11 is 6.40. The molecule has 8 heteroatoms. The molecule has 1 aliphatic rings. The van der Waals surface area contributed by atoms with Gasteiger partial charge >= 0.3 is 5.97 Å². The fraction of sp³-hybridized carbons (Fsp3) is 0.250. The van der Waals surface area contributed by atoms with Gasteiger partial charge in [0.2, 0.25) is 5.91 Å². The van der Waals surface area contributed by atoms with Crippen molar-refractivity contribution in [2.75, 3.05) is 7.11 Å². The molecule has 2 atom stereocenters. The van der Waals surface area contributed by atoms with Gasteiger partial charge in [0.05, 0.1) is 12.4 Å². The molecule has 2 aromatic carbocycles. The molecule has 28 heavy (non-hydrogen) atoms. The molecule has 2 unspecified atom stereocenters. The van der Waals surface area contributed by atoms with Crippen molar-refractivity contribution in [2.24, 2.45) is 5.73 Å². The summed E-state index contributed by atoms with van der Waals surface area (Å²) in [6.45, 7) is 0. The molecule has 146 valence electrons. The number of carbonyl (C=O) groups is 2. The maximum absolute atomic E-state index is 11.8. The Kier molecular flexibility index (Phi) is 6.66. The number of thioether (sulfide) groups is 1. The van der Waals surface area contributed by atoms with E-state index in [1.165, 1.54) is 18.9 Å². The van der Waals surface area contributed by atoms with E-state index in [-0.39, 0.29) is 11.2 Å². The Balaban J connectivity index is 1.56. The normalized spacial score (nSPS) is 17.1. The van der Waals surface area contributed by atoms with Crippen LogP contribution in [0.3, 0.4) is 0 Å². The number of nitrogens with two attached hydrogens (primary N) is 1. The number of hydrogen-bond donors (Lipinski definition) is 2. The van der Waals surface area contributed by atoms with Crippen molar-refractivity contribution in [1.29, 1.82) is 0 Å². The third-order valence-corrected chi connectivity index (χ3v) is 5.60. The molecule has 3 rings (SSSR count). The zero-order valence-electron chi connectivity index (χ0n) is 15.2. The minimum atomic E-state index is -0.682. The van der Waals surface area contributed by atoms with Gasteiger partial charge in [-0.05, 0) is 48.2 Å². The zero-order chi connectivity index (χ0) is 20.1. The molecule has 1 aliphatic heterocycles. The van der Waals surface area contributed by atoms with E-state index in [4.69, 9.17) is 22.7 Å². The molecule has 0 spiro atoms. The number of benzene rings is 2. The number of hydrogen-bond acceptors (Lipinski definition) is 7. The van der Waals surface area contributed by atoms with E-state index in [2.05, 4.69) is 10.1 Å². The minimum absolute atomic E-state index is 0.0395. The molecular formula is C20H20N2O4S2. The Bertz CT molecular complexity index is 869. The lowest BCUT2D eigenvalue weighted by atomic mass is 10.1. The van der Waals surface area contributed by atoms with Crippen LogP contribution in [0.5, 0.6) is 11.5 Å². The van der Waals surface area contributed by atoms with E-state index >= 15 is 0 Å². The molecule has 0 radical (unpaired) electrons. The number of methoxy groups -OCH3 is 1. The third-order valence-electron chi connectivity index (χ3n) is 4.23. The monoisotopic (exact) mass is 416 g/mol. The number of ether oxygens (including phenoxy) is 2. The highest BCUT2D eigenvalue weighted by Crippen LogP contribution is 2.26. The van der Waals surface area contributed by atoms with Crippen LogP contribution in [0.2, 0.25) is 0 Å². The Morgan fingerprint density at radius 1 is 1.14 bits per heavy atom. The highest BCUT2D eigenvalue weighted by molar-refractivity contribution is 8.24. The van der Waals surface area contributed by atoms with Gasteiger partial charge < -0.3 is 20.5 Å². The van der Waals surface area contributed by atoms with E-state index in [1.807, 2.05) is 48.5 Å². The minimum Gasteiger partial charge on any atom is -0.468 e. The number of thiocarbonyl (C=S) groups is 1. The van der Waals surface area contributed by atoms with Crippen molar-refractivity contribution in [1.82, 2.24) is 5.32 Å². The summed E-state index contributed by atoms with van der Waals surface area (Å²) < 4.78 is 11.0. The molecule has 0 saturated carbocycles. The van der Waals surface area contributed by atoms with Gasteiger partial charge in [-0.2, -0.15) is 0 Å².